The molecule has 1 amide bonds. The highest BCUT2D eigenvalue weighted by atomic mass is 35.5. The Morgan fingerprint density at radius 3 is 2.39 bits per heavy atom. The van der Waals surface area contributed by atoms with Gasteiger partial charge in [0.25, 0.3) is 0 Å². The van der Waals surface area contributed by atoms with Gasteiger partial charge in [0, 0.05) is 16.8 Å². The van der Waals surface area contributed by atoms with E-state index in [1.807, 2.05) is 54.6 Å². The second-order valence-corrected chi connectivity index (χ2v) is 7.63. The first kappa shape index (κ1) is 22.5. The third-order valence-corrected chi connectivity index (χ3v) is 4.82. The standard InChI is InChI=1S/C25H23ClN2O2S/c26-21-11-8-20(9-12-21)10-17-24(29)28-25(31)27-22-13-15-23(16-14-22)30-18-4-7-19-5-2-1-3-6-19/h1-3,5-6,8-17H,4,7,18H2,(H2,27,28,29,31)/b17-10+. The molecule has 0 radical (unpaired) electrons. The van der Waals surface area contributed by atoms with E-state index in [9.17, 15) is 4.79 Å². The van der Waals surface area contributed by atoms with Crippen molar-refractivity contribution in [1.29, 1.82) is 0 Å². The topological polar surface area (TPSA) is 50.4 Å². The van der Waals surface area contributed by atoms with E-state index in [2.05, 4.69) is 22.8 Å². The van der Waals surface area contributed by atoms with Gasteiger partial charge in [-0.2, -0.15) is 0 Å². The average Bonchev–Trinajstić information content (AvgIpc) is 2.78. The highest BCUT2D eigenvalue weighted by molar-refractivity contribution is 7.80. The van der Waals surface area contributed by atoms with Crippen LogP contribution in [0.25, 0.3) is 6.08 Å². The quantitative estimate of drug-likeness (QED) is 0.255. The molecule has 3 aromatic carbocycles. The Kier molecular flexibility index (Phi) is 8.64. The van der Waals surface area contributed by atoms with Gasteiger partial charge in [0.2, 0.25) is 5.91 Å². The summed E-state index contributed by atoms with van der Waals surface area (Å²) in [5.74, 6) is 0.477. The molecule has 2 N–H and O–H groups in total. The number of halogens is 1. The van der Waals surface area contributed by atoms with Crippen LogP contribution in [0.1, 0.15) is 17.5 Å². The molecule has 3 rings (SSSR count). The van der Waals surface area contributed by atoms with Crippen LogP contribution in [0.4, 0.5) is 5.69 Å². The second-order valence-electron chi connectivity index (χ2n) is 6.79. The van der Waals surface area contributed by atoms with Crippen molar-refractivity contribution in [3.05, 3.63) is 101 Å². The number of benzene rings is 3. The number of amides is 1. The van der Waals surface area contributed by atoms with Crippen LogP contribution in [-0.2, 0) is 11.2 Å². The molecule has 0 fully saturated rings. The Morgan fingerprint density at radius 1 is 0.968 bits per heavy atom. The van der Waals surface area contributed by atoms with Crippen molar-refractivity contribution in [1.82, 2.24) is 5.32 Å². The molecule has 0 aliphatic heterocycles. The van der Waals surface area contributed by atoms with Gasteiger partial charge >= 0.3 is 0 Å². The molecule has 0 aliphatic rings. The number of ether oxygens (including phenoxy) is 1. The van der Waals surface area contributed by atoms with Crippen LogP contribution in [0, 0.1) is 0 Å². The van der Waals surface area contributed by atoms with Gasteiger partial charge in [-0.3, -0.25) is 10.1 Å². The molecule has 0 spiro atoms. The number of hydrogen-bond acceptors (Lipinski definition) is 3. The van der Waals surface area contributed by atoms with E-state index in [1.165, 1.54) is 11.6 Å². The maximum absolute atomic E-state index is 12.0. The molecule has 0 saturated heterocycles. The van der Waals surface area contributed by atoms with Gasteiger partial charge < -0.3 is 10.1 Å². The third-order valence-electron chi connectivity index (χ3n) is 4.37. The lowest BCUT2D eigenvalue weighted by atomic mass is 10.1. The predicted molar refractivity (Wildman–Crippen MR) is 132 cm³/mol. The Hall–Kier alpha value is -3.15. The third kappa shape index (κ3) is 8.24. The van der Waals surface area contributed by atoms with Crippen LogP contribution in [0.3, 0.4) is 0 Å². The van der Waals surface area contributed by atoms with Crippen molar-refractivity contribution in [2.24, 2.45) is 0 Å². The van der Waals surface area contributed by atoms with Gasteiger partial charge in [-0.25, -0.2) is 0 Å². The summed E-state index contributed by atoms with van der Waals surface area (Å²) in [7, 11) is 0. The fourth-order valence-electron chi connectivity index (χ4n) is 2.81. The molecule has 0 atom stereocenters. The zero-order valence-electron chi connectivity index (χ0n) is 16.9. The van der Waals surface area contributed by atoms with Crippen molar-refractivity contribution in [2.45, 2.75) is 12.8 Å². The Morgan fingerprint density at radius 2 is 1.68 bits per heavy atom. The van der Waals surface area contributed by atoms with Crippen molar-refractivity contribution in [3.63, 3.8) is 0 Å². The molecule has 0 bridgehead atoms. The molecule has 0 aromatic heterocycles. The summed E-state index contributed by atoms with van der Waals surface area (Å²) in [6.07, 6.45) is 5.05. The fourth-order valence-corrected chi connectivity index (χ4v) is 3.15. The van der Waals surface area contributed by atoms with Crippen LogP contribution >= 0.6 is 23.8 Å². The Bertz CT molecular complexity index is 1020. The van der Waals surface area contributed by atoms with Crippen LogP contribution < -0.4 is 15.4 Å². The molecular weight excluding hydrogens is 428 g/mol. The highest BCUT2D eigenvalue weighted by Crippen LogP contribution is 2.16. The summed E-state index contributed by atoms with van der Waals surface area (Å²) in [5, 5.41) is 6.48. The lowest BCUT2D eigenvalue weighted by Gasteiger charge is -2.10. The van der Waals surface area contributed by atoms with Gasteiger partial charge in [0.15, 0.2) is 5.11 Å². The average molecular weight is 451 g/mol. The van der Waals surface area contributed by atoms with Crippen molar-refractivity contribution in [3.8, 4) is 5.75 Å². The summed E-state index contributed by atoms with van der Waals surface area (Å²) in [4.78, 5) is 12.0. The molecule has 31 heavy (non-hydrogen) atoms. The molecule has 0 saturated carbocycles. The number of hydrogen-bond donors (Lipinski definition) is 2. The largest absolute Gasteiger partial charge is 0.494 e. The molecular formula is C25H23ClN2O2S. The summed E-state index contributed by atoms with van der Waals surface area (Å²) in [5.41, 5.74) is 2.95. The normalized spacial score (nSPS) is 10.6. The summed E-state index contributed by atoms with van der Waals surface area (Å²) in [6.45, 7) is 0.649. The predicted octanol–water partition coefficient (Wildman–Crippen LogP) is 5.88. The van der Waals surface area contributed by atoms with Crippen molar-refractivity contribution >= 4 is 46.6 Å². The smallest absolute Gasteiger partial charge is 0.250 e. The minimum absolute atomic E-state index is 0.224. The van der Waals surface area contributed by atoms with Crippen LogP contribution in [-0.4, -0.2) is 17.6 Å². The fraction of sp³-hybridized carbons (Fsp3) is 0.120. The number of carbonyl (C=O) groups excluding carboxylic acids is 1. The molecule has 0 heterocycles. The zero-order chi connectivity index (χ0) is 21.9. The molecule has 0 unspecified atom stereocenters. The minimum atomic E-state index is -0.314. The monoisotopic (exact) mass is 450 g/mol. The van der Waals surface area contributed by atoms with E-state index in [0.29, 0.717) is 11.6 Å². The van der Waals surface area contributed by atoms with Gasteiger partial charge in [-0.05, 0) is 78.7 Å². The lowest BCUT2D eigenvalue weighted by Crippen LogP contribution is -2.32. The number of thiocarbonyl (C=S) groups is 1. The van der Waals surface area contributed by atoms with Gasteiger partial charge in [0.05, 0.1) is 6.61 Å². The highest BCUT2D eigenvalue weighted by Gasteiger charge is 2.03. The summed E-state index contributed by atoms with van der Waals surface area (Å²) < 4.78 is 5.79. The number of anilines is 1. The van der Waals surface area contributed by atoms with E-state index >= 15 is 0 Å². The minimum Gasteiger partial charge on any atom is -0.494 e. The summed E-state index contributed by atoms with van der Waals surface area (Å²) >= 11 is 11.0. The number of nitrogens with one attached hydrogen (secondary N) is 2. The zero-order valence-corrected chi connectivity index (χ0v) is 18.5. The van der Waals surface area contributed by atoms with Gasteiger partial charge in [-0.1, -0.05) is 54.1 Å². The van der Waals surface area contributed by atoms with Gasteiger partial charge in [0.1, 0.15) is 5.75 Å². The first-order valence-electron chi connectivity index (χ1n) is 9.91. The number of carbonyl (C=O) groups is 1. The Labute approximate surface area is 192 Å². The van der Waals surface area contributed by atoms with Crippen LogP contribution in [0.2, 0.25) is 5.02 Å². The van der Waals surface area contributed by atoms with Gasteiger partial charge in [-0.15, -0.1) is 0 Å². The number of rotatable bonds is 8. The molecule has 6 heteroatoms. The molecule has 0 aliphatic carbocycles. The maximum atomic E-state index is 12.0. The lowest BCUT2D eigenvalue weighted by molar-refractivity contribution is -0.115. The van der Waals surface area contributed by atoms with E-state index in [4.69, 9.17) is 28.6 Å². The van der Waals surface area contributed by atoms with E-state index in [-0.39, 0.29) is 11.0 Å². The van der Waals surface area contributed by atoms with Crippen molar-refractivity contribution in [2.75, 3.05) is 11.9 Å². The Balaban J connectivity index is 1.38. The number of aryl methyl sites for hydroxylation is 1. The van der Waals surface area contributed by atoms with E-state index < -0.39 is 0 Å². The molecule has 4 nitrogen and oxygen atoms in total. The van der Waals surface area contributed by atoms with E-state index in [1.54, 1.807) is 18.2 Å². The first-order valence-corrected chi connectivity index (χ1v) is 10.7. The SMILES string of the molecule is O=C(/C=C/c1ccc(Cl)cc1)NC(=S)Nc1ccc(OCCCc2ccccc2)cc1. The molecule has 158 valence electrons. The second kappa shape index (κ2) is 11.9. The maximum Gasteiger partial charge on any atom is 0.250 e. The summed E-state index contributed by atoms with van der Waals surface area (Å²) in [6, 6.07) is 25.0. The van der Waals surface area contributed by atoms with Crippen LogP contribution in [0.5, 0.6) is 5.75 Å². The molecule has 3 aromatic rings. The van der Waals surface area contributed by atoms with E-state index in [0.717, 1.165) is 29.8 Å². The first-order chi connectivity index (χ1) is 15.1. The van der Waals surface area contributed by atoms with Crippen LogP contribution in [0.15, 0.2) is 84.9 Å². The van der Waals surface area contributed by atoms with Crippen molar-refractivity contribution < 1.29 is 9.53 Å².